The molecule has 1 atom stereocenters. The first-order valence-electron chi connectivity index (χ1n) is 6.28. The van der Waals surface area contributed by atoms with Crippen LogP contribution < -0.4 is 0 Å². The number of benzene rings is 1. The van der Waals surface area contributed by atoms with Gasteiger partial charge >= 0.3 is 5.97 Å². The molecule has 1 aromatic rings. The van der Waals surface area contributed by atoms with Crippen molar-refractivity contribution in [1.29, 1.82) is 0 Å². The number of aliphatic hydroxyl groups is 1. The van der Waals surface area contributed by atoms with Gasteiger partial charge in [-0.2, -0.15) is 4.31 Å². The van der Waals surface area contributed by atoms with E-state index in [4.69, 9.17) is 10.2 Å². The molecule has 0 bridgehead atoms. The highest BCUT2D eigenvalue weighted by atomic mass is 32.2. The standard InChI is InChI=1S/C13H19NO5S/c1-11(13(16)17)10-14(8-5-9-15)20(18,19)12-6-3-2-4-7-12/h2-4,6-7,11,15H,5,8-10H2,1H3,(H,16,17). The van der Waals surface area contributed by atoms with Crippen LogP contribution in [0.2, 0.25) is 0 Å². The quantitative estimate of drug-likeness (QED) is 0.740. The van der Waals surface area contributed by atoms with E-state index in [-0.39, 0.29) is 31.0 Å². The number of carboxylic acids is 1. The molecule has 0 aliphatic carbocycles. The van der Waals surface area contributed by atoms with Gasteiger partial charge < -0.3 is 10.2 Å². The minimum Gasteiger partial charge on any atom is -0.481 e. The zero-order valence-corrected chi connectivity index (χ0v) is 12.1. The Labute approximate surface area is 118 Å². The summed E-state index contributed by atoms with van der Waals surface area (Å²) in [5.74, 6) is -1.87. The van der Waals surface area contributed by atoms with E-state index in [0.717, 1.165) is 4.31 Å². The molecular formula is C13H19NO5S. The molecule has 20 heavy (non-hydrogen) atoms. The highest BCUT2D eigenvalue weighted by Gasteiger charge is 2.27. The minimum atomic E-state index is -3.74. The first kappa shape index (κ1) is 16.6. The van der Waals surface area contributed by atoms with Crippen LogP contribution in [0.5, 0.6) is 0 Å². The number of carboxylic acid groups (broad SMARTS) is 1. The maximum Gasteiger partial charge on any atom is 0.307 e. The smallest absolute Gasteiger partial charge is 0.307 e. The van der Waals surface area contributed by atoms with Crippen molar-refractivity contribution in [3.8, 4) is 0 Å². The van der Waals surface area contributed by atoms with Crippen molar-refractivity contribution in [3.05, 3.63) is 30.3 Å². The summed E-state index contributed by atoms with van der Waals surface area (Å²) in [5, 5.41) is 17.8. The summed E-state index contributed by atoms with van der Waals surface area (Å²) in [6.45, 7) is 1.27. The predicted octanol–water partition coefficient (Wildman–Crippen LogP) is 0.780. The Hall–Kier alpha value is -1.44. The molecular weight excluding hydrogens is 282 g/mol. The molecule has 0 amide bonds. The molecule has 2 N–H and O–H groups in total. The first-order chi connectivity index (χ1) is 9.39. The number of rotatable bonds is 8. The molecule has 0 saturated heterocycles. The molecule has 1 rings (SSSR count). The van der Waals surface area contributed by atoms with Crippen LogP contribution in [0, 0.1) is 5.92 Å². The van der Waals surface area contributed by atoms with Crippen LogP contribution in [0.15, 0.2) is 35.2 Å². The van der Waals surface area contributed by atoms with E-state index < -0.39 is 21.9 Å². The fourth-order valence-electron chi connectivity index (χ4n) is 1.68. The van der Waals surface area contributed by atoms with Crippen LogP contribution in [-0.2, 0) is 14.8 Å². The lowest BCUT2D eigenvalue weighted by Crippen LogP contribution is -2.37. The Morgan fingerprint density at radius 2 is 1.90 bits per heavy atom. The summed E-state index contributed by atoms with van der Waals surface area (Å²) in [6.07, 6.45) is 0.262. The van der Waals surface area contributed by atoms with Crippen LogP contribution >= 0.6 is 0 Å². The fourth-order valence-corrected chi connectivity index (χ4v) is 3.27. The topological polar surface area (TPSA) is 94.9 Å². The molecule has 0 aliphatic rings. The van der Waals surface area contributed by atoms with E-state index in [2.05, 4.69) is 0 Å². The van der Waals surface area contributed by atoms with Crippen LogP contribution in [0.3, 0.4) is 0 Å². The van der Waals surface area contributed by atoms with Crippen molar-refractivity contribution in [2.75, 3.05) is 19.7 Å². The molecule has 6 nitrogen and oxygen atoms in total. The molecule has 1 aromatic carbocycles. The molecule has 0 spiro atoms. The SMILES string of the molecule is CC(CN(CCCO)S(=O)(=O)c1ccccc1)C(=O)O. The Bertz CT molecular complexity index is 529. The summed E-state index contributed by atoms with van der Waals surface area (Å²) in [7, 11) is -3.74. The number of nitrogens with zero attached hydrogens (tertiary/aromatic N) is 1. The average Bonchev–Trinajstić information content (AvgIpc) is 2.43. The molecule has 0 saturated carbocycles. The Morgan fingerprint density at radius 3 is 2.40 bits per heavy atom. The zero-order valence-electron chi connectivity index (χ0n) is 11.3. The second-order valence-corrected chi connectivity index (χ2v) is 6.43. The molecule has 0 radical (unpaired) electrons. The van der Waals surface area contributed by atoms with Gasteiger partial charge in [-0.25, -0.2) is 8.42 Å². The lowest BCUT2D eigenvalue weighted by molar-refractivity contribution is -0.141. The van der Waals surface area contributed by atoms with E-state index in [1.165, 1.54) is 19.1 Å². The normalized spacial score (nSPS) is 13.3. The summed E-state index contributed by atoms with van der Waals surface area (Å²) in [6, 6.07) is 7.85. The van der Waals surface area contributed by atoms with Crippen LogP contribution in [0.1, 0.15) is 13.3 Å². The lowest BCUT2D eigenvalue weighted by Gasteiger charge is -2.23. The lowest BCUT2D eigenvalue weighted by atomic mass is 10.2. The summed E-state index contributed by atoms with van der Waals surface area (Å²) >= 11 is 0. The van der Waals surface area contributed by atoms with Crippen LogP contribution in [0.25, 0.3) is 0 Å². The van der Waals surface area contributed by atoms with Crippen molar-refractivity contribution >= 4 is 16.0 Å². The molecule has 0 aromatic heterocycles. The van der Waals surface area contributed by atoms with E-state index in [0.29, 0.717) is 0 Å². The third kappa shape index (κ3) is 4.29. The maximum atomic E-state index is 12.4. The third-order valence-corrected chi connectivity index (χ3v) is 4.73. The predicted molar refractivity (Wildman–Crippen MR) is 73.7 cm³/mol. The first-order valence-corrected chi connectivity index (χ1v) is 7.72. The number of hydrogen-bond acceptors (Lipinski definition) is 4. The second-order valence-electron chi connectivity index (χ2n) is 4.49. The third-order valence-electron chi connectivity index (χ3n) is 2.85. The van der Waals surface area contributed by atoms with Gasteiger partial charge in [-0.05, 0) is 18.6 Å². The summed E-state index contributed by atoms with van der Waals surface area (Å²) in [4.78, 5) is 11.0. The van der Waals surface area contributed by atoms with Crippen molar-refractivity contribution in [2.45, 2.75) is 18.2 Å². The highest BCUT2D eigenvalue weighted by molar-refractivity contribution is 7.89. The minimum absolute atomic E-state index is 0.0886. The van der Waals surface area contributed by atoms with Crippen molar-refractivity contribution in [3.63, 3.8) is 0 Å². The number of aliphatic carboxylic acids is 1. The van der Waals surface area contributed by atoms with E-state index in [9.17, 15) is 13.2 Å². The number of hydrogen-bond donors (Lipinski definition) is 2. The van der Waals surface area contributed by atoms with Gasteiger partial charge in [0.2, 0.25) is 10.0 Å². The van der Waals surface area contributed by atoms with Gasteiger partial charge in [-0.15, -0.1) is 0 Å². The molecule has 0 heterocycles. The maximum absolute atomic E-state index is 12.4. The van der Waals surface area contributed by atoms with Crippen LogP contribution in [0.4, 0.5) is 0 Å². The van der Waals surface area contributed by atoms with E-state index >= 15 is 0 Å². The molecule has 1 unspecified atom stereocenters. The van der Waals surface area contributed by atoms with Crippen molar-refractivity contribution < 1.29 is 23.4 Å². The van der Waals surface area contributed by atoms with E-state index in [1.807, 2.05) is 0 Å². The van der Waals surface area contributed by atoms with Gasteiger partial charge in [0, 0.05) is 19.7 Å². The zero-order chi connectivity index (χ0) is 15.2. The van der Waals surface area contributed by atoms with E-state index in [1.54, 1.807) is 18.2 Å². The molecule has 0 aliphatic heterocycles. The van der Waals surface area contributed by atoms with Crippen molar-refractivity contribution in [2.24, 2.45) is 5.92 Å². The molecule has 0 fully saturated rings. The van der Waals surface area contributed by atoms with Gasteiger partial charge in [0.05, 0.1) is 10.8 Å². The number of aliphatic hydroxyl groups excluding tert-OH is 1. The Morgan fingerprint density at radius 1 is 1.30 bits per heavy atom. The number of sulfonamides is 1. The largest absolute Gasteiger partial charge is 0.481 e. The highest BCUT2D eigenvalue weighted by Crippen LogP contribution is 2.17. The van der Waals surface area contributed by atoms with Crippen molar-refractivity contribution in [1.82, 2.24) is 4.31 Å². The fraction of sp³-hybridized carbons (Fsp3) is 0.462. The summed E-state index contributed by atoms with van der Waals surface area (Å²) in [5.41, 5.74) is 0. The Kier molecular flexibility index (Phi) is 6.12. The van der Waals surface area contributed by atoms with Gasteiger partial charge in [-0.1, -0.05) is 25.1 Å². The average molecular weight is 301 g/mol. The molecule has 7 heteroatoms. The molecule has 112 valence electrons. The van der Waals surface area contributed by atoms with Gasteiger partial charge in [-0.3, -0.25) is 4.79 Å². The van der Waals surface area contributed by atoms with Gasteiger partial charge in [0.25, 0.3) is 0 Å². The number of carbonyl (C=O) groups is 1. The monoisotopic (exact) mass is 301 g/mol. The Balaban J connectivity index is 3.00. The summed E-state index contributed by atoms with van der Waals surface area (Å²) < 4.78 is 26.0. The van der Waals surface area contributed by atoms with Gasteiger partial charge in [0.1, 0.15) is 0 Å². The van der Waals surface area contributed by atoms with Gasteiger partial charge in [0.15, 0.2) is 0 Å². The van der Waals surface area contributed by atoms with Crippen LogP contribution in [-0.4, -0.2) is 48.6 Å². The second kappa shape index (κ2) is 7.37.